The van der Waals surface area contributed by atoms with Gasteiger partial charge in [-0.3, -0.25) is 4.79 Å². The van der Waals surface area contributed by atoms with E-state index in [1.165, 1.54) is 0 Å². The van der Waals surface area contributed by atoms with Crippen LogP contribution in [0.25, 0.3) is 11.0 Å². The molecule has 0 saturated carbocycles. The minimum absolute atomic E-state index is 0.529. The Kier molecular flexibility index (Phi) is 3.04. The fraction of sp³-hybridized carbons (Fsp3) is 0.385. The molecule has 0 radical (unpaired) electrons. The lowest BCUT2D eigenvalue weighted by molar-refractivity contribution is 0.111. The molecule has 0 unspecified atom stereocenters. The zero-order chi connectivity index (χ0) is 11.5. The average Bonchev–Trinajstić information content (AvgIpc) is 2.64. The standard InChI is InChI=1S/C13H16N2O/c1-10(2)7-8-15-12-6-4-3-5-11(12)14-13(15)9-16/h3-6,9-10H,7-8H2,1-2H3. The number of benzene rings is 1. The molecule has 84 valence electrons. The van der Waals surface area contributed by atoms with Crippen LogP contribution >= 0.6 is 0 Å². The van der Waals surface area contributed by atoms with Gasteiger partial charge in [0.25, 0.3) is 0 Å². The molecule has 0 saturated heterocycles. The Hall–Kier alpha value is -1.64. The predicted octanol–water partition coefficient (Wildman–Crippen LogP) is 2.89. The van der Waals surface area contributed by atoms with Crippen molar-refractivity contribution >= 4 is 17.3 Å². The first-order chi connectivity index (χ1) is 7.72. The number of imidazole rings is 1. The van der Waals surface area contributed by atoms with Crippen molar-refractivity contribution in [2.24, 2.45) is 5.92 Å². The summed E-state index contributed by atoms with van der Waals surface area (Å²) in [6.45, 7) is 5.21. The normalized spacial score (nSPS) is 11.2. The van der Waals surface area contributed by atoms with E-state index >= 15 is 0 Å². The third kappa shape index (κ3) is 1.98. The van der Waals surface area contributed by atoms with Crippen molar-refractivity contribution in [1.29, 1.82) is 0 Å². The highest BCUT2D eigenvalue weighted by Crippen LogP contribution is 2.16. The summed E-state index contributed by atoms with van der Waals surface area (Å²) in [5.41, 5.74) is 1.94. The van der Waals surface area contributed by atoms with Crippen LogP contribution < -0.4 is 0 Å². The molecular formula is C13H16N2O. The van der Waals surface area contributed by atoms with Crippen LogP contribution in [-0.2, 0) is 6.54 Å². The van der Waals surface area contributed by atoms with Crippen molar-refractivity contribution in [2.75, 3.05) is 0 Å². The van der Waals surface area contributed by atoms with Crippen LogP contribution in [0.2, 0.25) is 0 Å². The average molecular weight is 216 g/mol. The van der Waals surface area contributed by atoms with Gasteiger partial charge in [-0.15, -0.1) is 0 Å². The molecule has 3 heteroatoms. The molecule has 0 aliphatic rings. The summed E-state index contributed by atoms with van der Waals surface area (Å²) >= 11 is 0. The maximum Gasteiger partial charge on any atom is 0.185 e. The smallest absolute Gasteiger partial charge is 0.185 e. The Bertz CT molecular complexity index is 500. The first kappa shape index (κ1) is 10.9. The quantitative estimate of drug-likeness (QED) is 0.736. The Morgan fingerprint density at radius 3 is 2.81 bits per heavy atom. The van der Waals surface area contributed by atoms with Crippen LogP contribution in [0.1, 0.15) is 30.9 Å². The van der Waals surface area contributed by atoms with Gasteiger partial charge in [0.1, 0.15) is 0 Å². The highest BCUT2D eigenvalue weighted by atomic mass is 16.1. The zero-order valence-electron chi connectivity index (χ0n) is 9.68. The number of hydrogen-bond donors (Lipinski definition) is 0. The van der Waals surface area contributed by atoms with Crippen LogP contribution in [0.4, 0.5) is 0 Å². The van der Waals surface area contributed by atoms with Gasteiger partial charge >= 0.3 is 0 Å². The van der Waals surface area contributed by atoms with Gasteiger partial charge in [0, 0.05) is 6.54 Å². The summed E-state index contributed by atoms with van der Waals surface area (Å²) in [7, 11) is 0. The summed E-state index contributed by atoms with van der Waals surface area (Å²) < 4.78 is 2.00. The molecule has 3 nitrogen and oxygen atoms in total. The molecule has 0 amide bonds. The van der Waals surface area contributed by atoms with Crippen LogP contribution in [0, 0.1) is 5.92 Å². The number of fused-ring (bicyclic) bond motifs is 1. The lowest BCUT2D eigenvalue weighted by Gasteiger charge is -2.08. The van der Waals surface area contributed by atoms with Gasteiger partial charge in [-0.1, -0.05) is 26.0 Å². The van der Waals surface area contributed by atoms with Crippen molar-refractivity contribution in [3.8, 4) is 0 Å². The summed E-state index contributed by atoms with van der Waals surface area (Å²) in [5, 5.41) is 0. The van der Waals surface area contributed by atoms with Crippen LogP contribution in [0.3, 0.4) is 0 Å². The molecule has 2 rings (SSSR count). The second kappa shape index (κ2) is 4.47. The van der Waals surface area contributed by atoms with Gasteiger partial charge in [-0.05, 0) is 24.5 Å². The predicted molar refractivity (Wildman–Crippen MR) is 64.6 cm³/mol. The maximum atomic E-state index is 11.0. The molecule has 16 heavy (non-hydrogen) atoms. The van der Waals surface area contributed by atoms with Gasteiger partial charge in [-0.25, -0.2) is 4.98 Å². The first-order valence-electron chi connectivity index (χ1n) is 5.63. The topological polar surface area (TPSA) is 34.9 Å². The number of rotatable bonds is 4. The molecule has 0 aliphatic heterocycles. The van der Waals surface area contributed by atoms with E-state index in [-0.39, 0.29) is 0 Å². The third-order valence-electron chi connectivity index (χ3n) is 2.72. The molecule has 0 spiro atoms. The van der Waals surface area contributed by atoms with Gasteiger partial charge < -0.3 is 4.57 Å². The highest BCUT2D eigenvalue weighted by Gasteiger charge is 2.09. The molecule has 1 aromatic heterocycles. The van der Waals surface area contributed by atoms with E-state index in [2.05, 4.69) is 18.8 Å². The number of aromatic nitrogens is 2. The van der Waals surface area contributed by atoms with Gasteiger partial charge in [-0.2, -0.15) is 0 Å². The number of hydrogen-bond acceptors (Lipinski definition) is 2. The Morgan fingerprint density at radius 1 is 1.38 bits per heavy atom. The fourth-order valence-electron chi connectivity index (χ4n) is 1.81. The Morgan fingerprint density at radius 2 is 2.12 bits per heavy atom. The van der Waals surface area contributed by atoms with Gasteiger partial charge in [0.2, 0.25) is 0 Å². The number of aldehydes is 1. The molecule has 2 aromatic rings. The van der Waals surface area contributed by atoms with E-state index in [1.807, 2.05) is 28.8 Å². The summed E-state index contributed by atoms with van der Waals surface area (Å²) in [6, 6.07) is 7.87. The molecule has 1 aromatic carbocycles. The molecule has 0 atom stereocenters. The Labute approximate surface area is 95.1 Å². The minimum atomic E-state index is 0.529. The second-order valence-corrected chi connectivity index (χ2v) is 4.41. The Balaban J connectivity index is 2.43. The van der Waals surface area contributed by atoms with Crippen molar-refractivity contribution in [3.05, 3.63) is 30.1 Å². The fourth-order valence-corrected chi connectivity index (χ4v) is 1.81. The minimum Gasteiger partial charge on any atom is -0.322 e. The molecule has 0 bridgehead atoms. The second-order valence-electron chi connectivity index (χ2n) is 4.41. The van der Waals surface area contributed by atoms with Crippen molar-refractivity contribution in [1.82, 2.24) is 9.55 Å². The first-order valence-corrected chi connectivity index (χ1v) is 5.63. The van der Waals surface area contributed by atoms with E-state index in [1.54, 1.807) is 0 Å². The van der Waals surface area contributed by atoms with Crippen molar-refractivity contribution < 1.29 is 4.79 Å². The lowest BCUT2D eigenvalue weighted by Crippen LogP contribution is -2.05. The zero-order valence-corrected chi connectivity index (χ0v) is 9.68. The molecule has 1 heterocycles. The van der Waals surface area contributed by atoms with Gasteiger partial charge in [0.15, 0.2) is 12.1 Å². The summed E-state index contributed by atoms with van der Waals surface area (Å²) in [4.78, 5) is 15.3. The van der Waals surface area contributed by atoms with Crippen LogP contribution in [0.15, 0.2) is 24.3 Å². The number of para-hydroxylation sites is 2. The van der Waals surface area contributed by atoms with Crippen LogP contribution in [0.5, 0.6) is 0 Å². The molecule has 0 aliphatic carbocycles. The largest absolute Gasteiger partial charge is 0.322 e. The van der Waals surface area contributed by atoms with E-state index in [0.29, 0.717) is 11.7 Å². The SMILES string of the molecule is CC(C)CCn1c(C=O)nc2ccccc21. The summed E-state index contributed by atoms with van der Waals surface area (Å²) in [5.74, 6) is 1.16. The number of aryl methyl sites for hydroxylation is 1. The van der Waals surface area contributed by atoms with Gasteiger partial charge in [0.05, 0.1) is 11.0 Å². The third-order valence-corrected chi connectivity index (χ3v) is 2.72. The maximum absolute atomic E-state index is 11.0. The monoisotopic (exact) mass is 216 g/mol. The van der Waals surface area contributed by atoms with Crippen LogP contribution in [-0.4, -0.2) is 15.8 Å². The van der Waals surface area contributed by atoms with Crippen molar-refractivity contribution in [2.45, 2.75) is 26.8 Å². The number of carbonyl (C=O) groups excluding carboxylic acids is 1. The van der Waals surface area contributed by atoms with E-state index in [0.717, 1.165) is 30.3 Å². The molecule has 0 N–H and O–H groups in total. The van der Waals surface area contributed by atoms with E-state index in [9.17, 15) is 4.79 Å². The van der Waals surface area contributed by atoms with Crippen molar-refractivity contribution in [3.63, 3.8) is 0 Å². The highest BCUT2D eigenvalue weighted by molar-refractivity contribution is 5.82. The summed E-state index contributed by atoms with van der Waals surface area (Å²) in [6.07, 6.45) is 1.89. The van der Waals surface area contributed by atoms with E-state index < -0.39 is 0 Å². The number of nitrogens with zero attached hydrogens (tertiary/aromatic N) is 2. The lowest BCUT2D eigenvalue weighted by atomic mass is 10.1. The van der Waals surface area contributed by atoms with E-state index in [4.69, 9.17) is 0 Å². The molecule has 0 fully saturated rings. The molecular weight excluding hydrogens is 200 g/mol. The number of carbonyl (C=O) groups is 1.